The van der Waals surface area contributed by atoms with Gasteiger partial charge in [0.1, 0.15) is 0 Å². The van der Waals surface area contributed by atoms with Crippen LogP contribution < -0.4 is 0 Å². The van der Waals surface area contributed by atoms with Crippen LogP contribution in [0.3, 0.4) is 0 Å². The number of aromatic amines is 1. The van der Waals surface area contributed by atoms with E-state index in [-0.39, 0.29) is 5.56 Å². The molecule has 3 aromatic rings. The van der Waals surface area contributed by atoms with Crippen LogP contribution in [0.1, 0.15) is 34.3 Å². The van der Waals surface area contributed by atoms with E-state index in [0.717, 1.165) is 35.0 Å². The van der Waals surface area contributed by atoms with Crippen LogP contribution in [0.5, 0.6) is 0 Å². The third kappa shape index (κ3) is 2.08. The lowest BCUT2D eigenvalue weighted by Crippen LogP contribution is -2.02. The number of fused-ring (bicyclic) bond motifs is 2. The molecule has 0 fully saturated rings. The van der Waals surface area contributed by atoms with Crippen LogP contribution in [0.4, 0.5) is 0 Å². The van der Waals surface area contributed by atoms with Crippen molar-refractivity contribution in [2.45, 2.75) is 25.7 Å². The summed E-state index contributed by atoms with van der Waals surface area (Å²) in [6.07, 6.45) is 4.77. The Bertz CT molecular complexity index is 880. The molecule has 2 aromatic carbocycles. The number of H-pyrrole nitrogens is 1. The van der Waals surface area contributed by atoms with E-state index >= 15 is 0 Å². The smallest absolute Gasteiger partial charge is 0.335 e. The average Bonchev–Trinajstić information content (AvgIpc) is 2.97. The minimum absolute atomic E-state index is 0.285. The SMILES string of the molecule is O=C(O)c1ccc2[nH]nc(-c3ccc4c(c3)CCCC4)c2c1. The van der Waals surface area contributed by atoms with Gasteiger partial charge in [0, 0.05) is 10.9 Å². The zero-order chi connectivity index (χ0) is 15.1. The van der Waals surface area contributed by atoms with Crippen LogP contribution in [-0.2, 0) is 12.8 Å². The van der Waals surface area contributed by atoms with Gasteiger partial charge in [-0.1, -0.05) is 12.1 Å². The van der Waals surface area contributed by atoms with Crippen molar-refractivity contribution in [3.63, 3.8) is 0 Å². The molecule has 0 radical (unpaired) electrons. The van der Waals surface area contributed by atoms with Gasteiger partial charge in [-0.2, -0.15) is 5.10 Å². The van der Waals surface area contributed by atoms with E-state index in [4.69, 9.17) is 0 Å². The highest BCUT2D eigenvalue weighted by molar-refractivity contribution is 5.98. The molecule has 0 aliphatic heterocycles. The van der Waals surface area contributed by atoms with Crippen LogP contribution >= 0.6 is 0 Å². The van der Waals surface area contributed by atoms with Crippen molar-refractivity contribution >= 4 is 16.9 Å². The van der Waals surface area contributed by atoms with Gasteiger partial charge in [0.15, 0.2) is 0 Å². The van der Waals surface area contributed by atoms with Gasteiger partial charge >= 0.3 is 5.97 Å². The van der Waals surface area contributed by atoms with Gasteiger partial charge in [0.2, 0.25) is 0 Å². The molecular formula is C18H16N2O2. The Labute approximate surface area is 127 Å². The Morgan fingerprint density at radius 3 is 2.68 bits per heavy atom. The maximum atomic E-state index is 11.2. The highest BCUT2D eigenvalue weighted by atomic mass is 16.4. The van der Waals surface area contributed by atoms with Crippen LogP contribution in [0.25, 0.3) is 22.2 Å². The molecule has 1 aliphatic carbocycles. The number of carbonyl (C=O) groups is 1. The monoisotopic (exact) mass is 292 g/mol. The number of aromatic nitrogens is 2. The summed E-state index contributed by atoms with van der Waals surface area (Å²) in [4.78, 5) is 11.2. The Morgan fingerprint density at radius 1 is 1.05 bits per heavy atom. The summed E-state index contributed by atoms with van der Waals surface area (Å²) in [7, 11) is 0. The van der Waals surface area contributed by atoms with Crippen LogP contribution in [0.15, 0.2) is 36.4 Å². The second-order valence-corrected chi connectivity index (χ2v) is 5.83. The molecule has 0 unspecified atom stereocenters. The largest absolute Gasteiger partial charge is 0.478 e. The molecule has 1 aromatic heterocycles. The number of rotatable bonds is 2. The van der Waals surface area contributed by atoms with Crippen molar-refractivity contribution in [1.82, 2.24) is 10.2 Å². The van der Waals surface area contributed by atoms with Crippen molar-refractivity contribution in [2.75, 3.05) is 0 Å². The molecule has 1 heterocycles. The first-order chi connectivity index (χ1) is 10.7. The van der Waals surface area contributed by atoms with Gasteiger partial charge in [0.05, 0.1) is 16.8 Å². The summed E-state index contributed by atoms with van der Waals surface area (Å²) >= 11 is 0. The van der Waals surface area contributed by atoms with Crippen LogP contribution in [0, 0.1) is 0 Å². The third-order valence-electron chi connectivity index (χ3n) is 4.43. The predicted octanol–water partition coefficient (Wildman–Crippen LogP) is 3.81. The molecule has 4 nitrogen and oxygen atoms in total. The van der Waals surface area contributed by atoms with E-state index in [9.17, 15) is 9.90 Å². The fraction of sp³-hybridized carbons (Fsp3) is 0.222. The molecule has 4 heteroatoms. The number of hydrogen-bond donors (Lipinski definition) is 2. The van der Waals surface area contributed by atoms with Crippen molar-refractivity contribution in [3.05, 3.63) is 53.1 Å². The molecule has 2 N–H and O–H groups in total. The minimum Gasteiger partial charge on any atom is -0.478 e. The fourth-order valence-corrected chi connectivity index (χ4v) is 3.25. The summed E-state index contributed by atoms with van der Waals surface area (Å²) < 4.78 is 0. The number of carboxylic acids is 1. The lowest BCUT2D eigenvalue weighted by molar-refractivity contribution is 0.0697. The molecule has 110 valence electrons. The van der Waals surface area contributed by atoms with Gasteiger partial charge in [-0.3, -0.25) is 5.10 Å². The molecule has 0 atom stereocenters. The van der Waals surface area contributed by atoms with Crippen molar-refractivity contribution < 1.29 is 9.90 Å². The molecule has 22 heavy (non-hydrogen) atoms. The molecule has 0 spiro atoms. The number of nitrogens with one attached hydrogen (secondary N) is 1. The molecular weight excluding hydrogens is 276 g/mol. The Hall–Kier alpha value is -2.62. The first kappa shape index (κ1) is 13.1. The van der Waals surface area contributed by atoms with Gasteiger partial charge < -0.3 is 5.11 Å². The number of carboxylic acid groups (broad SMARTS) is 1. The second-order valence-electron chi connectivity index (χ2n) is 5.83. The standard InChI is InChI=1S/C18H16N2O2/c21-18(22)14-7-8-16-15(10-14)17(20-19-16)13-6-5-11-3-1-2-4-12(11)9-13/h5-10H,1-4H2,(H,19,20)(H,21,22). The first-order valence-corrected chi connectivity index (χ1v) is 7.56. The average molecular weight is 292 g/mol. The van der Waals surface area contributed by atoms with E-state index in [1.807, 2.05) is 0 Å². The number of benzene rings is 2. The van der Waals surface area contributed by atoms with E-state index in [0.29, 0.717) is 0 Å². The first-order valence-electron chi connectivity index (χ1n) is 7.56. The molecule has 1 aliphatic rings. The van der Waals surface area contributed by atoms with E-state index in [2.05, 4.69) is 28.4 Å². The predicted molar refractivity (Wildman–Crippen MR) is 85.1 cm³/mol. The number of nitrogens with zero attached hydrogens (tertiary/aromatic N) is 1. The summed E-state index contributed by atoms with van der Waals surface area (Å²) in [5, 5.41) is 17.4. The zero-order valence-corrected chi connectivity index (χ0v) is 12.1. The number of aryl methyl sites for hydroxylation is 2. The topological polar surface area (TPSA) is 66.0 Å². The maximum Gasteiger partial charge on any atom is 0.335 e. The normalized spacial score (nSPS) is 14.0. The van der Waals surface area contributed by atoms with Gasteiger partial charge in [-0.25, -0.2) is 4.79 Å². The molecule has 0 saturated carbocycles. The maximum absolute atomic E-state index is 11.2. The minimum atomic E-state index is -0.917. The van der Waals surface area contributed by atoms with E-state index in [1.165, 1.54) is 24.0 Å². The van der Waals surface area contributed by atoms with Gasteiger partial charge in [-0.15, -0.1) is 0 Å². The zero-order valence-electron chi connectivity index (χ0n) is 12.1. The molecule has 0 saturated heterocycles. The summed E-state index contributed by atoms with van der Waals surface area (Å²) in [6, 6.07) is 11.5. The third-order valence-corrected chi connectivity index (χ3v) is 4.43. The van der Waals surface area contributed by atoms with Crippen LogP contribution in [-0.4, -0.2) is 21.3 Å². The number of hydrogen-bond acceptors (Lipinski definition) is 2. The van der Waals surface area contributed by atoms with E-state index in [1.54, 1.807) is 18.2 Å². The quantitative estimate of drug-likeness (QED) is 0.755. The fourth-order valence-electron chi connectivity index (χ4n) is 3.25. The van der Waals surface area contributed by atoms with Crippen molar-refractivity contribution in [1.29, 1.82) is 0 Å². The Kier molecular flexibility index (Phi) is 2.96. The van der Waals surface area contributed by atoms with Crippen molar-refractivity contribution in [3.8, 4) is 11.3 Å². The highest BCUT2D eigenvalue weighted by Gasteiger charge is 2.14. The summed E-state index contributed by atoms with van der Waals surface area (Å²) in [6.45, 7) is 0. The van der Waals surface area contributed by atoms with Gasteiger partial charge in [-0.05, 0) is 61.1 Å². The van der Waals surface area contributed by atoms with Gasteiger partial charge in [0.25, 0.3) is 0 Å². The number of aromatic carboxylic acids is 1. The Morgan fingerprint density at radius 2 is 1.86 bits per heavy atom. The molecule has 0 bridgehead atoms. The highest BCUT2D eigenvalue weighted by Crippen LogP contribution is 2.31. The second kappa shape index (κ2) is 4.98. The van der Waals surface area contributed by atoms with E-state index < -0.39 is 5.97 Å². The lowest BCUT2D eigenvalue weighted by atomic mass is 9.89. The lowest BCUT2D eigenvalue weighted by Gasteiger charge is -2.16. The van der Waals surface area contributed by atoms with Crippen molar-refractivity contribution in [2.24, 2.45) is 0 Å². The Balaban J connectivity index is 1.86. The molecule has 4 rings (SSSR count). The molecule has 0 amide bonds. The summed E-state index contributed by atoms with van der Waals surface area (Å²) in [5.74, 6) is -0.917. The van der Waals surface area contributed by atoms with Crippen LogP contribution in [0.2, 0.25) is 0 Å². The summed E-state index contributed by atoms with van der Waals surface area (Å²) in [5.41, 5.74) is 5.85.